The van der Waals surface area contributed by atoms with Crippen molar-refractivity contribution in [2.24, 2.45) is 21.8 Å². The Morgan fingerprint density at radius 1 is 1.13 bits per heavy atom. The van der Waals surface area contributed by atoms with E-state index in [9.17, 15) is 0 Å². The van der Waals surface area contributed by atoms with Crippen LogP contribution in [0.4, 0.5) is 0 Å². The molecule has 0 aromatic carbocycles. The summed E-state index contributed by atoms with van der Waals surface area (Å²) in [6.07, 6.45) is 0. The van der Waals surface area contributed by atoms with E-state index in [4.69, 9.17) is 32.0 Å². The maximum atomic E-state index is 7.83. The van der Waals surface area contributed by atoms with Crippen molar-refractivity contribution in [3.05, 3.63) is 0 Å². The SMILES string of the molecule is NC(=N\O)/C(N)=N/O.[ClH+][Cu].[Cl][Cu].[Cl][Cu][ClH+]. The monoisotopic (exact) mass is 449 g/mol. The van der Waals surface area contributed by atoms with Gasteiger partial charge in [0.1, 0.15) is 0 Å². The Morgan fingerprint density at radius 2 is 1.27 bits per heavy atom. The zero-order chi connectivity index (χ0) is 13.3. The molecule has 0 radical (unpaired) electrons. The molecule has 0 aliphatic rings. The summed E-state index contributed by atoms with van der Waals surface area (Å²) in [6.45, 7) is 0. The van der Waals surface area contributed by atoms with Crippen LogP contribution >= 0.6 is 20.2 Å². The van der Waals surface area contributed by atoms with Gasteiger partial charge in [0.05, 0.1) is 0 Å². The molecule has 0 atom stereocenters. The molecule has 13 heteroatoms. The molecule has 0 rings (SSSR count). The van der Waals surface area contributed by atoms with Crippen LogP contribution < -0.4 is 11.5 Å². The van der Waals surface area contributed by atoms with Gasteiger partial charge < -0.3 is 21.9 Å². The van der Waals surface area contributed by atoms with Gasteiger partial charge in [-0.1, -0.05) is 10.3 Å². The van der Waals surface area contributed by atoms with E-state index in [2.05, 4.69) is 70.8 Å². The molecular formula is C2H8Cl4Cu3N4O2+2. The Kier molecular flexibility index (Phi) is 49.5. The van der Waals surface area contributed by atoms with Crippen LogP contribution in [0.1, 0.15) is 0 Å². The molecule has 107 valence electrons. The molecule has 0 amide bonds. The average Bonchev–Trinajstić information content (AvgIpc) is 2.33. The number of oxime groups is 2. The van der Waals surface area contributed by atoms with Gasteiger partial charge in [0.25, 0.3) is 0 Å². The molecule has 6 N–H and O–H groups in total. The quantitative estimate of drug-likeness (QED) is 0.128. The molecule has 0 fully saturated rings. The summed E-state index contributed by atoms with van der Waals surface area (Å²) in [5.41, 5.74) is 9.62. The number of nitrogens with zero attached hydrogens (tertiary/aromatic N) is 2. The van der Waals surface area contributed by atoms with Crippen molar-refractivity contribution >= 4 is 31.9 Å². The maximum absolute atomic E-state index is 7.83. The van der Waals surface area contributed by atoms with Gasteiger partial charge in [-0.3, -0.25) is 0 Å². The Balaban J connectivity index is -0.0000000726. The first-order valence-corrected chi connectivity index (χ1v) is 7.54. The van der Waals surface area contributed by atoms with Crippen molar-refractivity contribution in [2.75, 3.05) is 0 Å². The molecule has 0 bridgehead atoms. The third kappa shape index (κ3) is 31.3. The van der Waals surface area contributed by atoms with Crippen LogP contribution in [0.5, 0.6) is 0 Å². The van der Waals surface area contributed by atoms with Crippen LogP contribution in [-0.2, 0) is 43.3 Å². The van der Waals surface area contributed by atoms with E-state index in [0.717, 1.165) is 13.1 Å². The van der Waals surface area contributed by atoms with Crippen molar-refractivity contribution in [2.45, 2.75) is 0 Å². The fourth-order valence-corrected chi connectivity index (χ4v) is 0.102. The standard InChI is InChI=1S/C2H6N4O2.4ClH.3Cu/c3-1(5-7)2(4)6-8;;;;;;;/h7-8H,(H2,3,5)(H2,4,6);4*1H;;;/q;;;;;2*+1;+2/p-2. The zero-order valence-electron chi connectivity index (χ0n) is 6.42. The minimum absolute atomic E-state index is 0.410. The van der Waals surface area contributed by atoms with Gasteiger partial charge in [-0.25, -0.2) is 0 Å². The summed E-state index contributed by atoms with van der Waals surface area (Å²) in [4.78, 5) is 0. The molecule has 15 heavy (non-hydrogen) atoms. The van der Waals surface area contributed by atoms with E-state index >= 15 is 0 Å². The van der Waals surface area contributed by atoms with Gasteiger partial charge in [0.15, 0.2) is 0 Å². The Morgan fingerprint density at radius 3 is 1.33 bits per heavy atom. The fourth-order valence-electron chi connectivity index (χ4n) is 0.102. The van der Waals surface area contributed by atoms with E-state index in [1.165, 1.54) is 0 Å². The van der Waals surface area contributed by atoms with Gasteiger partial charge in [0.2, 0.25) is 11.7 Å². The first kappa shape index (κ1) is 25.2. The first-order chi connectivity index (χ1) is 7.13. The van der Waals surface area contributed by atoms with Crippen molar-refractivity contribution in [1.29, 1.82) is 0 Å². The van der Waals surface area contributed by atoms with Crippen molar-refractivity contribution < 1.29 is 73.9 Å². The molecule has 0 aliphatic carbocycles. The minimum atomic E-state index is -0.410. The van der Waals surface area contributed by atoms with Crippen molar-refractivity contribution in [3.63, 3.8) is 0 Å². The first-order valence-electron chi connectivity index (χ1n) is 2.15. The summed E-state index contributed by atoms with van der Waals surface area (Å²) in [5.74, 6) is -0.819. The molecule has 0 unspecified atom stereocenters. The van der Waals surface area contributed by atoms with Gasteiger partial charge in [-0.05, 0) is 0 Å². The topological polar surface area (TPSA) is 117 Å². The predicted molar refractivity (Wildman–Crippen MR) is 41.3 cm³/mol. The molecule has 0 spiro atoms. The molecule has 0 aliphatic heterocycles. The number of hydrogen-bond acceptors (Lipinski definition) is 4. The van der Waals surface area contributed by atoms with Crippen molar-refractivity contribution in [3.8, 4) is 0 Å². The predicted octanol–water partition coefficient (Wildman–Crippen LogP) is -0.685. The van der Waals surface area contributed by atoms with Crippen LogP contribution in [0.3, 0.4) is 0 Å². The Labute approximate surface area is 126 Å². The van der Waals surface area contributed by atoms with E-state index in [1.54, 1.807) is 0 Å². The van der Waals surface area contributed by atoms with Crippen LogP contribution in [0, 0.1) is 20.2 Å². The van der Waals surface area contributed by atoms with Gasteiger partial charge in [-0.15, -0.1) is 0 Å². The molecule has 0 aromatic rings. The summed E-state index contributed by atoms with van der Waals surface area (Å²) in [7, 11) is 16.6. The van der Waals surface area contributed by atoms with E-state index in [1.807, 2.05) is 0 Å². The van der Waals surface area contributed by atoms with Gasteiger partial charge in [-0.2, -0.15) is 0 Å². The molecule has 0 aromatic heterocycles. The van der Waals surface area contributed by atoms with Crippen LogP contribution in [0.15, 0.2) is 10.3 Å². The third-order valence-corrected chi connectivity index (χ3v) is 0.478. The van der Waals surface area contributed by atoms with Crippen LogP contribution in [0.2, 0.25) is 0 Å². The summed E-state index contributed by atoms with van der Waals surface area (Å²) in [6, 6.07) is 0. The Bertz CT molecular complexity index is 145. The fraction of sp³-hybridized carbons (Fsp3) is 0. The van der Waals surface area contributed by atoms with Crippen LogP contribution in [0.25, 0.3) is 0 Å². The number of rotatable bonds is 0. The number of nitrogens with two attached hydrogens (primary N) is 2. The zero-order valence-corrected chi connectivity index (χ0v) is 12.4. The molecule has 0 saturated heterocycles. The average molecular weight is 453 g/mol. The number of amidine groups is 2. The van der Waals surface area contributed by atoms with E-state index in [0.29, 0.717) is 0 Å². The number of halogens is 4. The Hall–Kier alpha value is 1.26. The van der Waals surface area contributed by atoms with Crippen molar-refractivity contribution in [1.82, 2.24) is 0 Å². The molecular weight excluding hydrogens is 444 g/mol. The van der Waals surface area contributed by atoms with Crippen LogP contribution in [-0.4, -0.2) is 22.1 Å². The number of hydrogen-bond donors (Lipinski definition) is 4. The second-order valence-electron chi connectivity index (χ2n) is 1.02. The molecule has 0 heterocycles. The second kappa shape index (κ2) is 29.5. The molecule has 6 nitrogen and oxygen atoms in total. The summed E-state index contributed by atoms with van der Waals surface area (Å²) in [5, 5.41) is 20.5. The van der Waals surface area contributed by atoms with E-state index < -0.39 is 11.7 Å². The molecule has 0 saturated carbocycles. The van der Waals surface area contributed by atoms with E-state index in [-0.39, 0.29) is 0 Å². The van der Waals surface area contributed by atoms with Gasteiger partial charge in [0, 0.05) is 0 Å². The normalized spacial score (nSPS) is 9.87. The second-order valence-corrected chi connectivity index (χ2v) is 2.70. The summed E-state index contributed by atoms with van der Waals surface area (Å²) < 4.78 is 0. The summed E-state index contributed by atoms with van der Waals surface area (Å²) >= 11 is 8.30. The third-order valence-electron chi connectivity index (χ3n) is 0.478. The van der Waals surface area contributed by atoms with Gasteiger partial charge >= 0.3 is 83.7 Å².